The van der Waals surface area contributed by atoms with E-state index in [9.17, 15) is 26.7 Å². The lowest BCUT2D eigenvalue weighted by molar-refractivity contribution is -0.274. The van der Waals surface area contributed by atoms with Gasteiger partial charge in [0.05, 0.1) is 19.8 Å². The van der Waals surface area contributed by atoms with Crippen molar-refractivity contribution in [2.24, 2.45) is 0 Å². The third-order valence-corrected chi connectivity index (χ3v) is 1.78. The van der Waals surface area contributed by atoms with Crippen LogP contribution in [0.4, 0.5) is 22.0 Å². The van der Waals surface area contributed by atoms with Crippen LogP contribution >= 0.6 is 0 Å². The maximum atomic E-state index is 12.6. The van der Waals surface area contributed by atoms with Gasteiger partial charge in [-0.2, -0.15) is 22.0 Å². The standard InChI is InChI=1S/C8H12F5NO3/c1-14(2-4-17-5-3-15)6(16)7(9,10)8(11,12)13/h15H,2-5H2,1H3. The summed E-state index contributed by atoms with van der Waals surface area (Å²) in [4.78, 5) is 11.1. The molecule has 0 bridgehead atoms. The number of carbonyl (C=O) groups is 1. The third kappa shape index (κ3) is 4.43. The Balaban J connectivity index is 4.30. The normalized spacial score (nSPS) is 12.6. The number of aliphatic hydroxyl groups is 1. The van der Waals surface area contributed by atoms with Gasteiger partial charge in [-0.15, -0.1) is 0 Å². The monoisotopic (exact) mass is 265 g/mol. The first-order valence-corrected chi connectivity index (χ1v) is 4.53. The average molecular weight is 265 g/mol. The highest BCUT2D eigenvalue weighted by Crippen LogP contribution is 2.36. The highest BCUT2D eigenvalue weighted by atomic mass is 19.4. The minimum absolute atomic E-state index is 0.0856. The number of amides is 1. The molecular formula is C8H12F5NO3. The van der Waals surface area contributed by atoms with Crippen molar-refractivity contribution in [3.8, 4) is 0 Å². The van der Waals surface area contributed by atoms with E-state index in [4.69, 9.17) is 5.11 Å². The Kier molecular flexibility index (Phi) is 5.76. The molecule has 0 rings (SSSR count). The molecule has 0 spiro atoms. The highest BCUT2D eigenvalue weighted by Gasteiger charge is 2.64. The van der Waals surface area contributed by atoms with Crippen molar-refractivity contribution in [1.82, 2.24) is 4.90 Å². The van der Waals surface area contributed by atoms with Crippen molar-refractivity contribution < 1.29 is 36.6 Å². The quantitative estimate of drug-likeness (QED) is 0.566. The van der Waals surface area contributed by atoms with Gasteiger partial charge in [-0.1, -0.05) is 0 Å². The molecule has 0 radical (unpaired) electrons. The Bertz CT molecular complexity index is 256. The number of aliphatic hydroxyl groups excluding tert-OH is 1. The fraction of sp³-hybridized carbons (Fsp3) is 0.875. The van der Waals surface area contributed by atoms with E-state index in [0.29, 0.717) is 0 Å². The van der Waals surface area contributed by atoms with Crippen LogP contribution < -0.4 is 0 Å². The van der Waals surface area contributed by atoms with Crippen LogP contribution in [0.1, 0.15) is 0 Å². The van der Waals surface area contributed by atoms with Gasteiger partial charge >= 0.3 is 18.0 Å². The zero-order valence-electron chi connectivity index (χ0n) is 8.93. The molecule has 102 valence electrons. The number of rotatable bonds is 6. The molecule has 0 heterocycles. The average Bonchev–Trinajstić information content (AvgIpc) is 2.21. The van der Waals surface area contributed by atoms with Gasteiger partial charge in [0.2, 0.25) is 0 Å². The van der Waals surface area contributed by atoms with Gasteiger partial charge in [-0.3, -0.25) is 4.79 Å². The van der Waals surface area contributed by atoms with E-state index in [1.54, 1.807) is 0 Å². The Morgan fingerprint density at radius 2 is 1.76 bits per heavy atom. The minimum atomic E-state index is -5.91. The predicted molar refractivity (Wildman–Crippen MR) is 46.5 cm³/mol. The Hall–Kier alpha value is -0.960. The third-order valence-electron chi connectivity index (χ3n) is 1.78. The van der Waals surface area contributed by atoms with E-state index in [1.807, 2.05) is 0 Å². The number of alkyl halides is 5. The Morgan fingerprint density at radius 3 is 2.18 bits per heavy atom. The van der Waals surface area contributed by atoms with Crippen LogP contribution in [0.2, 0.25) is 0 Å². The summed E-state index contributed by atoms with van der Waals surface area (Å²) in [5.41, 5.74) is 0. The molecule has 0 aliphatic heterocycles. The molecule has 0 aromatic rings. The molecule has 1 N–H and O–H groups in total. The van der Waals surface area contributed by atoms with Crippen molar-refractivity contribution in [2.45, 2.75) is 12.1 Å². The van der Waals surface area contributed by atoms with E-state index in [0.717, 1.165) is 7.05 Å². The van der Waals surface area contributed by atoms with Crippen molar-refractivity contribution in [2.75, 3.05) is 33.4 Å². The van der Waals surface area contributed by atoms with Crippen molar-refractivity contribution in [1.29, 1.82) is 0 Å². The minimum Gasteiger partial charge on any atom is -0.394 e. The summed E-state index contributed by atoms with van der Waals surface area (Å²) in [5.74, 6) is -7.74. The maximum absolute atomic E-state index is 12.6. The first-order chi connectivity index (χ1) is 7.64. The topological polar surface area (TPSA) is 49.8 Å². The number of halogens is 5. The molecule has 0 aliphatic rings. The summed E-state index contributed by atoms with van der Waals surface area (Å²) in [6.07, 6.45) is -5.91. The van der Waals surface area contributed by atoms with Crippen LogP contribution in [-0.4, -0.2) is 61.4 Å². The SMILES string of the molecule is CN(CCOCCO)C(=O)C(F)(F)C(F)(F)F. The molecule has 9 heteroatoms. The Labute approximate surface area is 94.0 Å². The second-order valence-corrected chi connectivity index (χ2v) is 3.13. The summed E-state index contributed by atoms with van der Waals surface area (Å²) >= 11 is 0. The number of ether oxygens (including phenoxy) is 1. The first kappa shape index (κ1) is 16.0. The maximum Gasteiger partial charge on any atom is 0.463 e. The fourth-order valence-electron chi connectivity index (χ4n) is 0.831. The molecule has 17 heavy (non-hydrogen) atoms. The van der Waals surface area contributed by atoms with Crippen molar-refractivity contribution >= 4 is 5.91 Å². The summed E-state index contributed by atoms with van der Waals surface area (Å²) in [7, 11) is 0.810. The molecule has 0 fully saturated rings. The summed E-state index contributed by atoms with van der Waals surface area (Å²) < 4.78 is 65.2. The first-order valence-electron chi connectivity index (χ1n) is 4.53. The van der Waals surface area contributed by atoms with Gasteiger partial charge in [0.25, 0.3) is 0 Å². The van der Waals surface area contributed by atoms with E-state index in [2.05, 4.69) is 4.74 Å². The zero-order chi connectivity index (χ0) is 13.7. The largest absolute Gasteiger partial charge is 0.463 e. The lowest BCUT2D eigenvalue weighted by atomic mass is 10.3. The van der Waals surface area contributed by atoms with Gasteiger partial charge in [-0.05, 0) is 0 Å². The van der Waals surface area contributed by atoms with Crippen molar-refractivity contribution in [3.05, 3.63) is 0 Å². The molecular weight excluding hydrogens is 253 g/mol. The van der Waals surface area contributed by atoms with E-state index >= 15 is 0 Å². The molecule has 4 nitrogen and oxygen atoms in total. The number of nitrogens with zero attached hydrogens (tertiary/aromatic N) is 1. The molecule has 0 atom stereocenters. The summed E-state index contributed by atoms with van der Waals surface area (Å²) in [5, 5.41) is 8.30. The summed E-state index contributed by atoms with van der Waals surface area (Å²) in [6, 6.07) is 0. The van der Waals surface area contributed by atoms with Gasteiger partial charge in [0.15, 0.2) is 0 Å². The summed E-state index contributed by atoms with van der Waals surface area (Å²) in [6.45, 7) is -1.06. The highest BCUT2D eigenvalue weighted by molar-refractivity contribution is 5.84. The van der Waals surface area contributed by atoms with Gasteiger partial charge in [-0.25, -0.2) is 0 Å². The molecule has 0 unspecified atom stereocenters. The molecule has 0 aromatic carbocycles. The smallest absolute Gasteiger partial charge is 0.394 e. The van der Waals surface area contributed by atoms with E-state index in [-0.39, 0.29) is 24.7 Å². The molecule has 0 aromatic heterocycles. The number of hydrogen-bond donors (Lipinski definition) is 1. The zero-order valence-corrected chi connectivity index (χ0v) is 8.93. The van der Waals surface area contributed by atoms with Crippen LogP contribution in [-0.2, 0) is 9.53 Å². The van der Waals surface area contributed by atoms with Crippen LogP contribution in [0.3, 0.4) is 0 Å². The number of likely N-dealkylation sites (N-methyl/N-ethyl adjacent to an activating group) is 1. The van der Waals surface area contributed by atoms with Gasteiger partial charge in [0.1, 0.15) is 0 Å². The van der Waals surface area contributed by atoms with Crippen LogP contribution in [0.5, 0.6) is 0 Å². The van der Waals surface area contributed by atoms with Crippen molar-refractivity contribution in [3.63, 3.8) is 0 Å². The fourth-order valence-corrected chi connectivity index (χ4v) is 0.831. The van der Waals surface area contributed by atoms with Crippen LogP contribution in [0.15, 0.2) is 0 Å². The van der Waals surface area contributed by atoms with Crippen LogP contribution in [0.25, 0.3) is 0 Å². The molecule has 0 aliphatic carbocycles. The van der Waals surface area contributed by atoms with E-state index in [1.165, 1.54) is 0 Å². The number of hydrogen-bond acceptors (Lipinski definition) is 3. The molecule has 0 saturated carbocycles. The predicted octanol–water partition coefficient (Wildman–Crippen LogP) is 0.651. The lowest BCUT2D eigenvalue weighted by Gasteiger charge is -2.24. The van der Waals surface area contributed by atoms with Gasteiger partial charge in [0, 0.05) is 13.6 Å². The Morgan fingerprint density at radius 1 is 1.24 bits per heavy atom. The van der Waals surface area contributed by atoms with E-state index < -0.39 is 24.6 Å². The molecule has 0 saturated heterocycles. The van der Waals surface area contributed by atoms with Gasteiger partial charge < -0.3 is 14.7 Å². The second-order valence-electron chi connectivity index (χ2n) is 3.13. The van der Waals surface area contributed by atoms with Crippen LogP contribution in [0, 0.1) is 0 Å². The number of carbonyl (C=O) groups excluding carboxylic acids is 1. The molecule has 1 amide bonds. The lowest BCUT2D eigenvalue weighted by Crippen LogP contribution is -2.51. The second kappa shape index (κ2) is 6.10.